The number of carbonyl (C=O) groups is 1. The Morgan fingerprint density at radius 3 is 2.43 bits per heavy atom. The Morgan fingerprint density at radius 2 is 1.80 bits per heavy atom. The van der Waals surface area contributed by atoms with Crippen molar-refractivity contribution >= 4 is 11.7 Å². The summed E-state index contributed by atoms with van der Waals surface area (Å²) in [5.41, 5.74) is 2.73. The monoisotopic (exact) mass is 420 g/mol. The van der Waals surface area contributed by atoms with Gasteiger partial charge in [0.15, 0.2) is 0 Å². The normalized spacial score (nSPS) is 12.7. The van der Waals surface area contributed by atoms with E-state index in [0.29, 0.717) is 30.7 Å². The summed E-state index contributed by atoms with van der Waals surface area (Å²) in [6, 6.07) is 10.0. The van der Waals surface area contributed by atoms with Crippen molar-refractivity contribution in [2.24, 2.45) is 0 Å². The van der Waals surface area contributed by atoms with E-state index in [4.69, 9.17) is 4.74 Å². The summed E-state index contributed by atoms with van der Waals surface area (Å²) >= 11 is 0. The van der Waals surface area contributed by atoms with E-state index >= 15 is 0 Å². The summed E-state index contributed by atoms with van der Waals surface area (Å²) in [6.07, 6.45) is -1.00. The van der Waals surface area contributed by atoms with Crippen LogP contribution in [0.1, 0.15) is 43.0 Å². The van der Waals surface area contributed by atoms with Gasteiger partial charge in [-0.2, -0.15) is 13.2 Å². The summed E-state index contributed by atoms with van der Waals surface area (Å²) in [5, 5.41) is 5.49. The van der Waals surface area contributed by atoms with Crippen LogP contribution in [0.3, 0.4) is 0 Å². The Bertz CT molecular complexity index is 875. The zero-order valence-corrected chi connectivity index (χ0v) is 17.4. The van der Waals surface area contributed by atoms with E-state index in [1.54, 1.807) is 0 Å². The van der Waals surface area contributed by atoms with Gasteiger partial charge in [-0.25, -0.2) is 4.79 Å². The van der Waals surface area contributed by atoms with Gasteiger partial charge in [0.2, 0.25) is 0 Å². The molecule has 7 heteroatoms. The first-order chi connectivity index (χ1) is 14.4. The van der Waals surface area contributed by atoms with Crippen LogP contribution in [0.5, 0.6) is 0 Å². The molecule has 2 aromatic rings. The molecule has 0 aromatic heterocycles. The number of nitrogens with one attached hydrogen (secondary N) is 2. The molecule has 0 saturated heterocycles. The van der Waals surface area contributed by atoms with Crippen molar-refractivity contribution in [2.45, 2.75) is 46.3 Å². The third-order valence-electron chi connectivity index (χ3n) is 4.48. The number of anilines is 1. The van der Waals surface area contributed by atoms with E-state index in [2.05, 4.69) is 10.6 Å². The molecule has 0 fully saturated rings. The van der Waals surface area contributed by atoms with Crippen LogP contribution in [0.25, 0.3) is 0 Å². The molecular weight excluding hydrogens is 393 g/mol. The predicted molar refractivity (Wildman–Crippen MR) is 112 cm³/mol. The maximum Gasteiger partial charge on any atom is 0.416 e. The topological polar surface area (TPSA) is 50.4 Å². The number of amides is 2. The van der Waals surface area contributed by atoms with Crippen LogP contribution >= 0.6 is 0 Å². The van der Waals surface area contributed by atoms with Crippen molar-refractivity contribution in [1.82, 2.24) is 5.32 Å². The standard InChI is InChI=1S/C21H21F3N2O2.C2H6/c1-2-28-17-10-11-18-15(12-17)4-3-5-19(18)26-20(27)25-13-14-6-8-16(9-7-14)21(22,23)24;1-2/h3-10H,2,11-13H2,1H3,(H2,25,26,27);1-2H3. The van der Waals surface area contributed by atoms with Gasteiger partial charge in [0.05, 0.1) is 17.9 Å². The molecule has 2 N–H and O–H groups in total. The first kappa shape index (κ1) is 23.3. The van der Waals surface area contributed by atoms with Gasteiger partial charge < -0.3 is 15.4 Å². The minimum Gasteiger partial charge on any atom is -0.498 e. The quantitative estimate of drug-likeness (QED) is 0.617. The molecule has 162 valence electrons. The van der Waals surface area contributed by atoms with E-state index in [0.717, 1.165) is 29.0 Å². The third kappa shape index (κ3) is 6.27. The molecule has 0 aliphatic heterocycles. The van der Waals surface area contributed by atoms with Crippen LogP contribution in [0.2, 0.25) is 0 Å². The number of urea groups is 1. The molecule has 0 bridgehead atoms. The van der Waals surface area contributed by atoms with Gasteiger partial charge in [-0.05, 0) is 54.3 Å². The molecular formula is C23H27F3N2O2. The highest BCUT2D eigenvalue weighted by Gasteiger charge is 2.29. The smallest absolute Gasteiger partial charge is 0.416 e. The van der Waals surface area contributed by atoms with Crippen molar-refractivity contribution < 1.29 is 22.7 Å². The SMILES string of the molecule is CC.CCOC1=CCc2c(cccc2NC(=O)NCc2ccc(C(F)(F)F)cc2)C1. The Labute approximate surface area is 175 Å². The van der Waals surface area contributed by atoms with Crippen molar-refractivity contribution in [3.63, 3.8) is 0 Å². The lowest BCUT2D eigenvalue weighted by atomic mass is 9.94. The number of ether oxygens (including phenoxy) is 1. The van der Waals surface area contributed by atoms with Gasteiger partial charge >= 0.3 is 12.2 Å². The molecule has 3 rings (SSSR count). The van der Waals surface area contributed by atoms with Crippen LogP contribution in [-0.4, -0.2) is 12.6 Å². The van der Waals surface area contributed by atoms with Gasteiger partial charge in [-0.3, -0.25) is 0 Å². The molecule has 1 aliphatic rings. The minimum atomic E-state index is -4.37. The van der Waals surface area contributed by atoms with E-state index < -0.39 is 17.8 Å². The fraction of sp³-hybridized carbons (Fsp3) is 0.348. The van der Waals surface area contributed by atoms with Crippen LogP contribution in [-0.2, 0) is 30.3 Å². The largest absolute Gasteiger partial charge is 0.498 e. The van der Waals surface area contributed by atoms with Crippen molar-refractivity contribution in [3.8, 4) is 0 Å². The first-order valence-corrected chi connectivity index (χ1v) is 10.0. The Kier molecular flexibility index (Phi) is 8.33. The van der Waals surface area contributed by atoms with Gasteiger partial charge in [0.1, 0.15) is 0 Å². The number of hydrogen-bond acceptors (Lipinski definition) is 2. The van der Waals surface area contributed by atoms with Crippen LogP contribution < -0.4 is 10.6 Å². The molecule has 30 heavy (non-hydrogen) atoms. The summed E-state index contributed by atoms with van der Waals surface area (Å²) in [4.78, 5) is 12.2. The van der Waals surface area contributed by atoms with Gasteiger partial charge in [-0.15, -0.1) is 0 Å². The number of rotatable bonds is 5. The number of carbonyl (C=O) groups excluding carboxylic acids is 1. The fourth-order valence-electron chi connectivity index (χ4n) is 3.09. The molecule has 0 unspecified atom stereocenters. The number of hydrogen-bond donors (Lipinski definition) is 2. The van der Waals surface area contributed by atoms with Crippen molar-refractivity contribution in [1.29, 1.82) is 0 Å². The first-order valence-electron chi connectivity index (χ1n) is 10.0. The van der Waals surface area contributed by atoms with Gasteiger partial charge in [0.25, 0.3) is 0 Å². The Balaban J connectivity index is 0.00000155. The molecule has 2 aromatic carbocycles. The van der Waals surface area contributed by atoms with E-state index in [-0.39, 0.29) is 6.54 Å². The predicted octanol–water partition coefficient (Wildman–Crippen LogP) is 6.07. The highest BCUT2D eigenvalue weighted by molar-refractivity contribution is 5.90. The molecule has 0 spiro atoms. The van der Waals surface area contributed by atoms with E-state index in [1.807, 2.05) is 45.0 Å². The van der Waals surface area contributed by atoms with Crippen molar-refractivity contribution in [2.75, 3.05) is 11.9 Å². The molecule has 1 aliphatic carbocycles. The number of allylic oxidation sites excluding steroid dienone is 2. The molecule has 0 saturated carbocycles. The molecule has 0 radical (unpaired) electrons. The van der Waals surface area contributed by atoms with Crippen LogP contribution in [0.4, 0.5) is 23.7 Å². The average molecular weight is 420 g/mol. The molecule has 0 atom stereocenters. The highest BCUT2D eigenvalue weighted by atomic mass is 19.4. The summed E-state index contributed by atoms with van der Waals surface area (Å²) < 4.78 is 43.3. The lowest BCUT2D eigenvalue weighted by Gasteiger charge is -2.20. The highest BCUT2D eigenvalue weighted by Crippen LogP contribution is 2.29. The maximum atomic E-state index is 12.6. The summed E-state index contributed by atoms with van der Waals surface area (Å²) in [7, 11) is 0. The second kappa shape index (κ2) is 10.7. The number of fused-ring (bicyclic) bond motifs is 1. The second-order valence-corrected chi connectivity index (χ2v) is 6.43. The van der Waals surface area contributed by atoms with E-state index in [9.17, 15) is 18.0 Å². The Hall–Kier alpha value is -2.96. The third-order valence-corrected chi connectivity index (χ3v) is 4.48. The van der Waals surface area contributed by atoms with Crippen LogP contribution in [0.15, 0.2) is 54.3 Å². The average Bonchev–Trinajstić information content (AvgIpc) is 2.74. The summed E-state index contributed by atoms with van der Waals surface area (Å²) in [6.45, 7) is 6.69. The van der Waals surface area contributed by atoms with Crippen LogP contribution in [0, 0.1) is 0 Å². The molecule has 4 nitrogen and oxygen atoms in total. The zero-order chi connectivity index (χ0) is 22.1. The molecule has 2 amide bonds. The lowest BCUT2D eigenvalue weighted by molar-refractivity contribution is -0.137. The maximum absolute atomic E-state index is 12.6. The molecule has 0 heterocycles. The van der Waals surface area contributed by atoms with Crippen molar-refractivity contribution in [3.05, 3.63) is 76.6 Å². The van der Waals surface area contributed by atoms with E-state index in [1.165, 1.54) is 12.1 Å². The number of halogens is 3. The fourth-order valence-corrected chi connectivity index (χ4v) is 3.09. The Morgan fingerprint density at radius 1 is 1.10 bits per heavy atom. The zero-order valence-electron chi connectivity index (χ0n) is 17.4. The second-order valence-electron chi connectivity index (χ2n) is 6.43. The minimum absolute atomic E-state index is 0.132. The number of alkyl halides is 3. The van der Waals surface area contributed by atoms with Gasteiger partial charge in [-0.1, -0.05) is 38.1 Å². The van der Waals surface area contributed by atoms with Gasteiger partial charge in [0, 0.05) is 18.7 Å². The number of benzene rings is 2. The summed E-state index contributed by atoms with van der Waals surface area (Å²) in [5.74, 6) is 0.930. The lowest BCUT2D eigenvalue weighted by Crippen LogP contribution is -2.29.